The fourth-order valence-electron chi connectivity index (χ4n) is 1.04. The van der Waals surface area contributed by atoms with E-state index in [4.69, 9.17) is 28.3 Å². The molecule has 1 aromatic rings. The molecule has 0 saturated carbocycles. The minimum atomic E-state index is -3.79. The minimum Gasteiger partial charge on any atom is -0.392 e. The molecule has 0 bridgehead atoms. The summed E-state index contributed by atoms with van der Waals surface area (Å²) in [5, 5.41) is 9.10. The third-order valence-corrected chi connectivity index (χ3v) is 4.13. The van der Waals surface area contributed by atoms with Crippen LogP contribution in [0.4, 0.5) is 0 Å². The van der Waals surface area contributed by atoms with E-state index in [-0.39, 0.29) is 21.5 Å². The van der Waals surface area contributed by atoms with Crippen molar-refractivity contribution >= 4 is 33.2 Å². The van der Waals surface area contributed by atoms with Crippen molar-refractivity contribution in [1.29, 1.82) is 0 Å². The summed E-state index contributed by atoms with van der Waals surface area (Å²) in [5.74, 6) is 0. The van der Waals surface area contributed by atoms with Gasteiger partial charge in [-0.05, 0) is 19.1 Å². The van der Waals surface area contributed by atoms with Crippen molar-refractivity contribution in [3.63, 3.8) is 0 Å². The van der Waals surface area contributed by atoms with Crippen molar-refractivity contribution in [2.45, 2.75) is 17.9 Å². The number of aliphatic hydroxyl groups is 1. The molecule has 0 radical (unpaired) electrons. The van der Waals surface area contributed by atoms with Gasteiger partial charge in [-0.3, -0.25) is 0 Å². The molecule has 2 N–H and O–H groups in total. The molecular formula is C9H11Cl2NO3S. The molecule has 0 spiro atoms. The number of nitrogens with one attached hydrogen (secondary N) is 1. The van der Waals surface area contributed by atoms with E-state index in [1.54, 1.807) is 6.07 Å². The third kappa shape index (κ3) is 3.33. The van der Waals surface area contributed by atoms with Gasteiger partial charge in [-0.15, -0.1) is 0 Å². The molecule has 0 unspecified atom stereocenters. The largest absolute Gasteiger partial charge is 0.392 e. The Morgan fingerprint density at radius 2 is 1.88 bits per heavy atom. The van der Waals surface area contributed by atoms with Crippen molar-refractivity contribution in [2.75, 3.05) is 6.54 Å². The lowest BCUT2D eigenvalue weighted by Crippen LogP contribution is -2.31. The van der Waals surface area contributed by atoms with Gasteiger partial charge in [0, 0.05) is 6.54 Å². The molecular weight excluding hydrogens is 273 g/mol. The van der Waals surface area contributed by atoms with Crippen LogP contribution in [-0.4, -0.2) is 26.2 Å². The summed E-state index contributed by atoms with van der Waals surface area (Å²) in [6.07, 6.45) is -0.781. The highest BCUT2D eigenvalue weighted by Crippen LogP contribution is 2.28. The number of benzene rings is 1. The molecule has 0 saturated heterocycles. The Morgan fingerprint density at radius 1 is 1.38 bits per heavy atom. The smallest absolute Gasteiger partial charge is 0.243 e. The Labute approximate surface area is 104 Å². The van der Waals surface area contributed by atoms with Gasteiger partial charge in [0.25, 0.3) is 0 Å². The molecule has 0 aromatic heterocycles. The number of rotatable bonds is 4. The number of hydrogen-bond donors (Lipinski definition) is 2. The molecule has 16 heavy (non-hydrogen) atoms. The maximum Gasteiger partial charge on any atom is 0.243 e. The van der Waals surface area contributed by atoms with Crippen LogP contribution < -0.4 is 4.72 Å². The molecule has 4 nitrogen and oxygen atoms in total. The summed E-state index contributed by atoms with van der Waals surface area (Å²) >= 11 is 11.5. The lowest BCUT2D eigenvalue weighted by atomic mass is 10.4. The van der Waals surface area contributed by atoms with Crippen LogP contribution in [0.3, 0.4) is 0 Å². The predicted octanol–water partition coefficient (Wildman–Crippen LogP) is 1.65. The van der Waals surface area contributed by atoms with Gasteiger partial charge in [-0.1, -0.05) is 29.3 Å². The molecule has 90 valence electrons. The molecule has 7 heteroatoms. The molecule has 0 aliphatic rings. The lowest BCUT2D eigenvalue weighted by Gasteiger charge is -2.10. The third-order valence-electron chi connectivity index (χ3n) is 1.76. The maximum atomic E-state index is 11.8. The molecule has 0 amide bonds. The lowest BCUT2D eigenvalue weighted by molar-refractivity contribution is 0.198. The van der Waals surface area contributed by atoms with E-state index in [0.29, 0.717) is 0 Å². The van der Waals surface area contributed by atoms with Gasteiger partial charge >= 0.3 is 0 Å². The SMILES string of the molecule is C[C@H](O)CNS(=O)(=O)c1c(Cl)cccc1Cl. The Balaban J connectivity index is 3.08. The first kappa shape index (κ1) is 13.7. The average molecular weight is 284 g/mol. The summed E-state index contributed by atoms with van der Waals surface area (Å²) in [5.41, 5.74) is 0. The summed E-state index contributed by atoms with van der Waals surface area (Å²) in [6, 6.07) is 4.42. The van der Waals surface area contributed by atoms with Crippen LogP contribution in [0.5, 0.6) is 0 Å². The van der Waals surface area contributed by atoms with Crippen LogP contribution in [0.2, 0.25) is 10.0 Å². The van der Waals surface area contributed by atoms with E-state index in [2.05, 4.69) is 4.72 Å². The van der Waals surface area contributed by atoms with Crippen molar-refractivity contribution in [3.8, 4) is 0 Å². The molecule has 0 aliphatic heterocycles. The molecule has 0 fully saturated rings. The summed E-state index contributed by atoms with van der Waals surface area (Å²) < 4.78 is 25.8. The van der Waals surface area contributed by atoms with Crippen LogP contribution in [-0.2, 0) is 10.0 Å². The second-order valence-electron chi connectivity index (χ2n) is 3.25. The van der Waals surface area contributed by atoms with Crippen molar-refractivity contribution in [3.05, 3.63) is 28.2 Å². The highest BCUT2D eigenvalue weighted by atomic mass is 35.5. The quantitative estimate of drug-likeness (QED) is 0.883. The van der Waals surface area contributed by atoms with Crippen LogP contribution in [0, 0.1) is 0 Å². The zero-order chi connectivity index (χ0) is 12.3. The van der Waals surface area contributed by atoms with Gasteiger partial charge < -0.3 is 5.11 Å². The van der Waals surface area contributed by atoms with E-state index in [9.17, 15) is 8.42 Å². The normalized spacial score (nSPS) is 13.8. The maximum absolute atomic E-state index is 11.8. The van der Waals surface area contributed by atoms with Crippen molar-refractivity contribution < 1.29 is 13.5 Å². The number of sulfonamides is 1. The minimum absolute atomic E-state index is 0.0468. The van der Waals surface area contributed by atoms with E-state index in [1.807, 2.05) is 0 Å². The monoisotopic (exact) mass is 283 g/mol. The van der Waals surface area contributed by atoms with Gasteiger partial charge in [-0.25, -0.2) is 13.1 Å². The van der Waals surface area contributed by atoms with Gasteiger partial charge in [-0.2, -0.15) is 0 Å². The van der Waals surface area contributed by atoms with Gasteiger partial charge in [0.1, 0.15) is 4.90 Å². The fourth-order valence-corrected chi connectivity index (χ4v) is 3.30. The second-order valence-corrected chi connectivity index (χ2v) is 5.77. The zero-order valence-corrected chi connectivity index (χ0v) is 10.8. The number of halogens is 2. The fraction of sp³-hybridized carbons (Fsp3) is 0.333. The van der Waals surface area contributed by atoms with E-state index < -0.39 is 16.1 Å². The molecule has 1 rings (SSSR count). The Bertz CT molecular complexity index is 453. The Morgan fingerprint density at radius 3 is 2.31 bits per heavy atom. The summed E-state index contributed by atoms with van der Waals surface area (Å²) in [6.45, 7) is 1.38. The zero-order valence-electron chi connectivity index (χ0n) is 8.44. The summed E-state index contributed by atoms with van der Waals surface area (Å²) in [4.78, 5) is -0.168. The standard InChI is InChI=1S/C9H11Cl2NO3S/c1-6(13)5-12-16(14,15)9-7(10)3-2-4-8(9)11/h2-4,6,12-13H,5H2,1H3/t6-/m0/s1. The van der Waals surface area contributed by atoms with Crippen LogP contribution in [0.1, 0.15) is 6.92 Å². The van der Waals surface area contributed by atoms with Gasteiger partial charge in [0.05, 0.1) is 16.1 Å². The average Bonchev–Trinajstić information content (AvgIpc) is 2.14. The Hall–Kier alpha value is -0.330. The molecule has 0 heterocycles. The van der Waals surface area contributed by atoms with Gasteiger partial charge in [0.2, 0.25) is 10.0 Å². The summed E-state index contributed by atoms with van der Waals surface area (Å²) in [7, 11) is -3.79. The first-order valence-electron chi connectivity index (χ1n) is 4.46. The molecule has 1 aromatic carbocycles. The number of hydrogen-bond acceptors (Lipinski definition) is 3. The predicted molar refractivity (Wildman–Crippen MR) is 63.3 cm³/mol. The van der Waals surface area contributed by atoms with Crippen molar-refractivity contribution in [2.24, 2.45) is 0 Å². The van der Waals surface area contributed by atoms with Crippen LogP contribution in [0.15, 0.2) is 23.1 Å². The first-order valence-corrected chi connectivity index (χ1v) is 6.70. The van der Waals surface area contributed by atoms with E-state index in [1.165, 1.54) is 19.1 Å². The van der Waals surface area contributed by atoms with Crippen LogP contribution >= 0.6 is 23.2 Å². The topological polar surface area (TPSA) is 66.4 Å². The highest BCUT2D eigenvalue weighted by Gasteiger charge is 2.21. The highest BCUT2D eigenvalue weighted by molar-refractivity contribution is 7.89. The molecule has 1 atom stereocenters. The molecule has 0 aliphatic carbocycles. The van der Waals surface area contributed by atoms with E-state index >= 15 is 0 Å². The van der Waals surface area contributed by atoms with Crippen LogP contribution in [0.25, 0.3) is 0 Å². The van der Waals surface area contributed by atoms with Crippen molar-refractivity contribution in [1.82, 2.24) is 4.72 Å². The Kier molecular flexibility index (Phi) is 4.58. The number of aliphatic hydroxyl groups excluding tert-OH is 1. The second kappa shape index (κ2) is 5.33. The first-order chi connectivity index (χ1) is 7.34. The van der Waals surface area contributed by atoms with Gasteiger partial charge in [0.15, 0.2) is 0 Å². The van der Waals surface area contributed by atoms with E-state index in [0.717, 1.165) is 0 Å².